The molecular weight excluding hydrogens is 260 g/mol. The van der Waals surface area contributed by atoms with Crippen molar-refractivity contribution >= 4 is 0 Å². The first kappa shape index (κ1) is 15.6. The minimum Gasteiger partial charge on any atom is -0.390 e. The molecule has 3 fully saturated rings. The van der Waals surface area contributed by atoms with Gasteiger partial charge in [0, 0.05) is 0 Å². The number of hydrogen-bond donors (Lipinski definition) is 2. The Morgan fingerprint density at radius 1 is 0.857 bits per heavy atom. The standard InChI is InChI=1S/C19H32O2/c1-13(14-6-4-5-7-14)15-8-10-18(2,20)16-9-11-19(3,21)17(16)12-15/h14-17,20-21H,1,4-12H2,2-3H3/t15-,16-,17-,18+,19-/m0/s1. The molecule has 2 N–H and O–H groups in total. The minimum absolute atomic E-state index is 0.234. The number of allylic oxidation sites excluding steroid dienone is 1. The second-order valence-electron chi connectivity index (χ2n) is 8.49. The highest BCUT2D eigenvalue weighted by molar-refractivity contribution is 5.13. The highest BCUT2D eigenvalue weighted by Gasteiger charge is 2.53. The fourth-order valence-corrected chi connectivity index (χ4v) is 5.47. The summed E-state index contributed by atoms with van der Waals surface area (Å²) in [5.41, 5.74) is 0.204. The molecule has 0 saturated heterocycles. The normalized spacial score (nSPS) is 48.1. The first-order valence-electron chi connectivity index (χ1n) is 8.95. The summed E-state index contributed by atoms with van der Waals surface area (Å²) in [7, 11) is 0. The largest absolute Gasteiger partial charge is 0.390 e. The van der Waals surface area contributed by atoms with E-state index in [-0.39, 0.29) is 11.8 Å². The van der Waals surface area contributed by atoms with E-state index in [1.807, 2.05) is 13.8 Å². The van der Waals surface area contributed by atoms with E-state index < -0.39 is 11.2 Å². The van der Waals surface area contributed by atoms with Gasteiger partial charge >= 0.3 is 0 Å². The van der Waals surface area contributed by atoms with Crippen LogP contribution >= 0.6 is 0 Å². The van der Waals surface area contributed by atoms with E-state index in [4.69, 9.17) is 0 Å². The van der Waals surface area contributed by atoms with Crippen molar-refractivity contribution in [1.82, 2.24) is 0 Å². The van der Waals surface area contributed by atoms with Crippen LogP contribution in [-0.2, 0) is 0 Å². The third kappa shape index (κ3) is 2.82. The average molecular weight is 292 g/mol. The summed E-state index contributed by atoms with van der Waals surface area (Å²) in [6, 6.07) is 0. The summed E-state index contributed by atoms with van der Waals surface area (Å²) in [4.78, 5) is 0. The fraction of sp³-hybridized carbons (Fsp3) is 0.895. The van der Waals surface area contributed by atoms with Crippen molar-refractivity contribution in [2.24, 2.45) is 23.7 Å². The Hall–Kier alpha value is -0.340. The van der Waals surface area contributed by atoms with Gasteiger partial charge in [0.25, 0.3) is 0 Å². The summed E-state index contributed by atoms with van der Waals surface area (Å²) >= 11 is 0. The van der Waals surface area contributed by atoms with Gasteiger partial charge in [-0.1, -0.05) is 25.0 Å². The number of aliphatic hydroxyl groups is 2. The van der Waals surface area contributed by atoms with Crippen LogP contribution in [0.4, 0.5) is 0 Å². The number of rotatable bonds is 2. The molecule has 0 unspecified atom stereocenters. The van der Waals surface area contributed by atoms with Crippen LogP contribution in [0, 0.1) is 23.7 Å². The van der Waals surface area contributed by atoms with Gasteiger partial charge in [-0.3, -0.25) is 0 Å². The summed E-state index contributed by atoms with van der Waals surface area (Å²) in [5, 5.41) is 21.7. The highest BCUT2D eigenvalue weighted by atomic mass is 16.3. The van der Waals surface area contributed by atoms with E-state index in [1.54, 1.807) is 0 Å². The van der Waals surface area contributed by atoms with Crippen molar-refractivity contribution in [3.63, 3.8) is 0 Å². The molecule has 0 aromatic rings. The first-order chi connectivity index (χ1) is 9.81. The van der Waals surface area contributed by atoms with Crippen molar-refractivity contribution in [3.8, 4) is 0 Å². The molecule has 2 nitrogen and oxygen atoms in total. The molecule has 0 heterocycles. The Labute approximate surface area is 129 Å². The van der Waals surface area contributed by atoms with E-state index in [1.165, 1.54) is 31.3 Å². The molecule has 21 heavy (non-hydrogen) atoms. The molecule has 0 spiro atoms. The summed E-state index contributed by atoms with van der Waals surface area (Å²) in [5.74, 6) is 1.69. The maximum Gasteiger partial charge on any atom is 0.0651 e. The number of hydrogen-bond acceptors (Lipinski definition) is 2. The SMILES string of the molecule is C=C(C1CCCC1)[C@H]1CC[C@@](C)(O)[C@H]2CC[C@](C)(O)[C@H]2C1. The fourth-order valence-electron chi connectivity index (χ4n) is 5.47. The summed E-state index contributed by atoms with van der Waals surface area (Å²) < 4.78 is 0. The molecule has 3 aliphatic rings. The Bertz CT molecular complexity index is 404. The molecule has 120 valence electrons. The van der Waals surface area contributed by atoms with Gasteiger partial charge in [-0.25, -0.2) is 0 Å². The molecule has 0 amide bonds. The zero-order valence-electron chi connectivity index (χ0n) is 13.8. The van der Waals surface area contributed by atoms with Gasteiger partial charge in [0.15, 0.2) is 0 Å². The third-order valence-electron chi connectivity index (χ3n) is 6.99. The van der Waals surface area contributed by atoms with Crippen molar-refractivity contribution in [3.05, 3.63) is 12.2 Å². The van der Waals surface area contributed by atoms with Gasteiger partial charge in [-0.05, 0) is 82.5 Å². The molecule has 0 aliphatic heterocycles. The molecule has 0 radical (unpaired) electrons. The van der Waals surface area contributed by atoms with Crippen LogP contribution in [0.25, 0.3) is 0 Å². The van der Waals surface area contributed by atoms with Crippen LogP contribution < -0.4 is 0 Å². The molecular formula is C19H32O2. The van der Waals surface area contributed by atoms with Gasteiger partial charge in [0.1, 0.15) is 0 Å². The molecule has 3 rings (SSSR count). The van der Waals surface area contributed by atoms with Crippen LogP contribution in [-0.4, -0.2) is 21.4 Å². The smallest absolute Gasteiger partial charge is 0.0651 e. The van der Waals surface area contributed by atoms with Crippen LogP contribution in [0.1, 0.15) is 71.6 Å². The molecule has 3 saturated carbocycles. The monoisotopic (exact) mass is 292 g/mol. The Morgan fingerprint density at radius 2 is 1.43 bits per heavy atom. The topological polar surface area (TPSA) is 40.5 Å². The lowest BCUT2D eigenvalue weighted by Crippen LogP contribution is -2.40. The average Bonchev–Trinajstić information content (AvgIpc) is 2.99. The van der Waals surface area contributed by atoms with Crippen molar-refractivity contribution in [2.75, 3.05) is 0 Å². The Kier molecular flexibility index (Phi) is 3.99. The highest BCUT2D eigenvalue weighted by Crippen LogP contribution is 2.53. The second-order valence-corrected chi connectivity index (χ2v) is 8.49. The van der Waals surface area contributed by atoms with Gasteiger partial charge in [0.05, 0.1) is 11.2 Å². The van der Waals surface area contributed by atoms with Crippen molar-refractivity contribution < 1.29 is 10.2 Å². The van der Waals surface area contributed by atoms with E-state index in [9.17, 15) is 10.2 Å². The van der Waals surface area contributed by atoms with Crippen molar-refractivity contribution in [2.45, 2.75) is 82.8 Å². The predicted octanol–water partition coefficient (Wildman–Crippen LogP) is 4.06. The predicted molar refractivity (Wildman–Crippen MR) is 85.9 cm³/mol. The molecule has 2 heteroatoms. The third-order valence-corrected chi connectivity index (χ3v) is 6.99. The van der Waals surface area contributed by atoms with E-state index in [0.29, 0.717) is 11.8 Å². The summed E-state index contributed by atoms with van der Waals surface area (Å²) in [6.45, 7) is 8.42. The number of fused-ring (bicyclic) bond motifs is 1. The zero-order valence-corrected chi connectivity index (χ0v) is 13.8. The van der Waals surface area contributed by atoms with E-state index in [0.717, 1.165) is 32.1 Å². The molecule has 3 aliphatic carbocycles. The quantitative estimate of drug-likeness (QED) is 0.753. The van der Waals surface area contributed by atoms with Gasteiger partial charge < -0.3 is 10.2 Å². The van der Waals surface area contributed by atoms with E-state index in [2.05, 4.69) is 6.58 Å². The summed E-state index contributed by atoms with van der Waals surface area (Å²) in [6.07, 6.45) is 10.0. The lowest BCUT2D eigenvalue weighted by molar-refractivity contribution is -0.0539. The Balaban J connectivity index is 1.80. The maximum absolute atomic E-state index is 10.9. The van der Waals surface area contributed by atoms with Crippen LogP contribution in [0.15, 0.2) is 12.2 Å². The van der Waals surface area contributed by atoms with Crippen LogP contribution in [0.2, 0.25) is 0 Å². The first-order valence-corrected chi connectivity index (χ1v) is 8.95. The molecule has 0 aromatic carbocycles. The minimum atomic E-state index is -0.615. The maximum atomic E-state index is 10.9. The van der Waals surface area contributed by atoms with Gasteiger partial charge in [-0.15, -0.1) is 0 Å². The van der Waals surface area contributed by atoms with Crippen LogP contribution in [0.3, 0.4) is 0 Å². The Morgan fingerprint density at radius 3 is 2.10 bits per heavy atom. The van der Waals surface area contributed by atoms with Crippen LogP contribution in [0.5, 0.6) is 0 Å². The molecule has 5 atom stereocenters. The lowest BCUT2D eigenvalue weighted by atomic mass is 9.75. The van der Waals surface area contributed by atoms with Crippen molar-refractivity contribution in [1.29, 1.82) is 0 Å². The lowest BCUT2D eigenvalue weighted by Gasteiger charge is -2.36. The molecule has 0 bridgehead atoms. The van der Waals surface area contributed by atoms with Gasteiger partial charge in [0.2, 0.25) is 0 Å². The second kappa shape index (κ2) is 5.38. The zero-order chi connectivity index (χ0) is 15.3. The van der Waals surface area contributed by atoms with Gasteiger partial charge in [-0.2, -0.15) is 0 Å². The van der Waals surface area contributed by atoms with E-state index >= 15 is 0 Å². The molecule has 0 aromatic heterocycles.